The van der Waals surface area contributed by atoms with E-state index in [0.29, 0.717) is 32.4 Å². The van der Waals surface area contributed by atoms with Crippen LogP contribution < -0.4 is 0 Å². The fraction of sp³-hybridized carbons (Fsp3) is 0.867. The zero-order valence-corrected chi connectivity index (χ0v) is 13.8. The molecule has 2 atom stereocenters. The average molecular weight is 331 g/mol. The van der Waals surface area contributed by atoms with Crippen molar-refractivity contribution in [1.29, 1.82) is 0 Å². The highest BCUT2D eigenvalue weighted by atomic mass is 32.2. The van der Waals surface area contributed by atoms with E-state index < -0.39 is 21.7 Å². The molecule has 1 N–H and O–H groups in total. The normalized spacial score (nSPS) is 28.7. The first-order chi connectivity index (χ1) is 10.3. The van der Waals surface area contributed by atoms with Crippen molar-refractivity contribution in [2.45, 2.75) is 39.0 Å². The second kappa shape index (κ2) is 6.98. The zero-order valence-electron chi connectivity index (χ0n) is 13.0. The minimum Gasteiger partial charge on any atom is -0.481 e. The molecule has 2 heterocycles. The summed E-state index contributed by atoms with van der Waals surface area (Å²) in [6, 6.07) is 0. The molecule has 2 fully saturated rings. The number of likely N-dealkylation sites (tertiary alicyclic amines) is 1. The molecule has 0 bridgehead atoms. The summed E-state index contributed by atoms with van der Waals surface area (Å²) in [6.45, 7) is 2.84. The van der Waals surface area contributed by atoms with Crippen LogP contribution >= 0.6 is 0 Å². The maximum absolute atomic E-state index is 12.4. The SMILES string of the molecule is CCCC1CN(C(=O)CC2CCS(=O)(=O)CC2)CC1C(=O)O. The predicted molar refractivity (Wildman–Crippen MR) is 82.1 cm³/mol. The van der Waals surface area contributed by atoms with Gasteiger partial charge in [0.1, 0.15) is 9.84 Å². The lowest BCUT2D eigenvalue weighted by Crippen LogP contribution is -2.33. The minimum absolute atomic E-state index is 0.0193. The lowest BCUT2D eigenvalue weighted by Gasteiger charge is -2.24. The van der Waals surface area contributed by atoms with Gasteiger partial charge in [-0.1, -0.05) is 13.3 Å². The first-order valence-corrected chi connectivity index (χ1v) is 9.85. The first-order valence-electron chi connectivity index (χ1n) is 8.03. The van der Waals surface area contributed by atoms with Crippen LogP contribution in [0.25, 0.3) is 0 Å². The third-order valence-corrected chi connectivity index (χ3v) is 6.62. The van der Waals surface area contributed by atoms with E-state index in [4.69, 9.17) is 0 Å². The molecule has 6 nitrogen and oxygen atoms in total. The molecular weight excluding hydrogens is 306 g/mol. The Labute approximate surface area is 131 Å². The molecule has 2 aliphatic rings. The van der Waals surface area contributed by atoms with Gasteiger partial charge in [-0.3, -0.25) is 9.59 Å². The number of carbonyl (C=O) groups is 2. The van der Waals surface area contributed by atoms with Crippen molar-refractivity contribution >= 4 is 21.7 Å². The second-order valence-corrected chi connectivity index (χ2v) is 8.90. The van der Waals surface area contributed by atoms with Crippen molar-refractivity contribution in [3.63, 3.8) is 0 Å². The van der Waals surface area contributed by atoms with Gasteiger partial charge >= 0.3 is 5.97 Å². The third kappa shape index (κ3) is 4.21. The summed E-state index contributed by atoms with van der Waals surface area (Å²) in [6.07, 6.45) is 3.17. The molecule has 0 aromatic rings. The van der Waals surface area contributed by atoms with Gasteiger partial charge in [0.25, 0.3) is 0 Å². The second-order valence-electron chi connectivity index (χ2n) is 6.59. The van der Waals surface area contributed by atoms with Gasteiger partial charge in [-0.25, -0.2) is 8.42 Å². The van der Waals surface area contributed by atoms with Crippen molar-refractivity contribution < 1.29 is 23.1 Å². The lowest BCUT2D eigenvalue weighted by atomic mass is 9.92. The number of hydrogen-bond donors (Lipinski definition) is 1. The monoisotopic (exact) mass is 331 g/mol. The molecule has 0 aromatic carbocycles. The molecule has 0 spiro atoms. The van der Waals surface area contributed by atoms with Crippen LogP contribution in [-0.4, -0.2) is 54.9 Å². The fourth-order valence-corrected chi connectivity index (χ4v) is 5.13. The Bertz CT molecular complexity index is 516. The number of carboxylic acids is 1. The van der Waals surface area contributed by atoms with E-state index in [1.807, 2.05) is 6.92 Å². The van der Waals surface area contributed by atoms with Crippen LogP contribution in [-0.2, 0) is 19.4 Å². The summed E-state index contributed by atoms with van der Waals surface area (Å²) in [4.78, 5) is 25.4. The molecular formula is C15H25NO5S. The smallest absolute Gasteiger partial charge is 0.308 e. The minimum atomic E-state index is -2.91. The maximum atomic E-state index is 12.4. The van der Waals surface area contributed by atoms with E-state index in [0.717, 1.165) is 12.8 Å². The van der Waals surface area contributed by atoms with E-state index >= 15 is 0 Å². The molecule has 0 aromatic heterocycles. The maximum Gasteiger partial charge on any atom is 0.308 e. The number of carbonyl (C=O) groups excluding carboxylic acids is 1. The quantitative estimate of drug-likeness (QED) is 0.816. The van der Waals surface area contributed by atoms with E-state index in [9.17, 15) is 23.1 Å². The predicted octanol–water partition coefficient (Wildman–Crippen LogP) is 1.16. The molecule has 2 rings (SSSR count). The Hall–Kier alpha value is -1.11. The van der Waals surface area contributed by atoms with Gasteiger partial charge in [0.2, 0.25) is 5.91 Å². The molecule has 2 unspecified atom stereocenters. The summed E-state index contributed by atoms with van der Waals surface area (Å²) in [7, 11) is -2.91. The molecule has 7 heteroatoms. The molecule has 1 amide bonds. The summed E-state index contributed by atoms with van der Waals surface area (Å²) in [5, 5.41) is 9.28. The Morgan fingerprint density at radius 2 is 1.82 bits per heavy atom. The molecule has 0 aliphatic carbocycles. The van der Waals surface area contributed by atoms with Gasteiger partial charge in [-0.2, -0.15) is 0 Å². The highest BCUT2D eigenvalue weighted by molar-refractivity contribution is 7.91. The zero-order chi connectivity index (χ0) is 16.3. The van der Waals surface area contributed by atoms with Gasteiger partial charge in [0.15, 0.2) is 0 Å². The van der Waals surface area contributed by atoms with Crippen LogP contribution in [0.3, 0.4) is 0 Å². The van der Waals surface area contributed by atoms with E-state index in [-0.39, 0.29) is 29.2 Å². The van der Waals surface area contributed by atoms with Gasteiger partial charge in [0.05, 0.1) is 17.4 Å². The van der Waals surface area contributed by atoms with Crippen molar-refractivity contribution in [3.05, 3.63) is 0 Å². The Morgan fingerprint density at radius 3 is 2.36 bits per heavy atom. The number of rotatable bonds is 5. The van der Waals surface area contributed by atoms with Gasteiger partial charge < -0.3 is 10.0 Å². The number of nitrogens with zero attached hydrogens (tertiary/aromatic N) is 1. The Kier molecular flexibility index (Phi) is 5.47. The molecule has 2 saturated heterocycles. The lowest BCUT2D eigenvalue weighted by molar-refractivity contribution is -0.142. The van der Waals surface area contributed by atoms with Crippen LogP contribution in [0.2, 0.25) is 0 Å². The number of carboxylic acid groups (broad SMARTS) is 1. The van der Waals surface area contributed by atoms with Crippen LogP contribution in [0.5, 0.6) is 0 Å². The van der Waals surface area contributed by atoms with Crippen LogP contribution in [0.15, 0.2) is 0 Å². The van der Waals surface area contributed by atoms with Gasteiger partial charge in [-0.05, 0) is 31.1 Å². The summed E-state index contributed by atoms with van der Waals surface area (Å²) in [5.41, 5.74) is 0. The summed E-state index contributed by atoms with van der Waals surface area (Å²) in [5.74, 6) is -0.813. The van der Waals surface area contributed by atoms with Gasteiger partial charge in [-0.15, -0.1) is 0 Å². The van der Waals surface area contributed by atoms with Crippen LogP contribution in [0, 0.1) is 17.8 Å². The summed E-state index contributed by atoms with van der Waals surface area (Å²) < 4.78 is 22.8. The summed E-state index contributed by atoms with van der Waals surface area (Å²) >= 11 is 0. The van der Waals surface area contributed by atoms with Crippen molar-refractivity contribution in [2.24, 2.45) is 17.8 Å². The first kappa shape index (κ1) is 17.2. The van der Waals surface area contributed by atoms with E-state index in [1.165, 1.54) is 0 Å². The van der Waals surface area contributed by atoms with Crippen LogP contribution in [0.4, 0.5) is 0 Å². The fourth-order valence-electron chi connectivity index (χ4n) is 3.54. The number of amides is 1. The number of hydrogen-bond acceptors (Lipinski definition) is 4. The standard InChI is InChI=1S/C15H25NO5S/c1-2-3-12-9-16(10-13(12)15(18)19)14(17)8-11-4-6-22(20,21)7-5-11/h11-13H,2-10H2,1H3,(H,18,19). The number of aliphatic carboxylic acids is 1. The van der Waals surface area contributed by atoms with E-state index in [1.54, 1.807) is 4.90 Å². The largest absolute Gasteiger partial charge is 0.481 e. The molecule has 22 heavy (non-hydrogen) atoms. The topological polar surface area (TPSA) is 91.8 Å². The van der Waals surface area contributed by atoms with Crippen molar-refractivity contribution in [2.75, 3.05) is 24.6 Å². The van der Waals surface area contributed by atoms with Crippen molar-refractivity contribution in [3.8, 4) is 0 Å². The highest BCUT2D eigenvalue weighted by Crippen LogP contribution is 2.30. The van der Waals surface area contributed by atoms with E-state index in [2.05, 4.69) is 0 Å². The third-order valence-electron chi connectivity index (χ3n) is 4.91. The molecule has 0 saturated carbocycles. The molecule has 126 valence electrons. The Morgan fingerprint density at radius 1 is 1.18 bits per heavy atom. The van der Waals surface area contributed by atoms with Gasteiger partial charge in [0, 0.05) is 19.5 Å². The molecule has 0 radical (unpaired) electrons. The molecule has 2 aliphatic heterocycles. The average Bonchev–Trinajstić information content (AvgIpc) is 2.86. The highest BCUT2D eigenvalue weighted by Gasteiger charge is 2.39. The van der Waals surface area contributed by atoms with Crippen molar-refractivity contribution in [1.82, 2.24) is 4.90 Å². The Balaban J connectivity index is 1.89. The number of sulfone groups is 1. The van der Waals surface area contributed by atoms with Crippen LogP contribution in [0.1, 0.15) is 39.0 Å².